The van der Waals surface area contributed by atoms with Gasteiger partial charge in [-0.05, 0) is 6.92 Å². The fourth-order valence-electron chi connectivity index (χ4n) is 2.44. The van der Waals surface area contributed by atoms with Gasteiger partial charge in [0.25, 0.3) is 0 Å². The Morgan fingerprint density at radius 3 is 2.86 bits per heavy atom. The smallest absolute Gasteiger partial charge is 0.134 e. The summed E-state index contributed by atoms with van der Waals surface area (Å²) in [4.78, 5) is 19.2. The molecule has 3 rings (SSSR count). The van der Waals surface area contributed by atoms with Crippen LogP contribution in [0, 0.1) is 0 Å². The largest absolute Gasteiger partial charge is 0.378 e. The molecular weight excluding hydrogens is 280 g/mol. The van der Waals surface area contributed by atoms with Gasteiger partial charge in [0.1, 0.15) is 18.0 Å². The van der Waals surface area contributed by atoms with Crippen LogP contribution in [-0.2, 0) is 11.2 Å². The molecule has 0 bridgehead atoms. The van der Waals surface area contributed by atoms with E-state index in [1.54, 1.807) is 24.9 Å². The third-order valence-corrected chi connectivity index (χ3v) is 3.51. The van der Waals surface area contributed by atoms with Crippen molar-refractivity contribution in [3.05, 3.63) is 36.7 Å². The zero-order valence-corrected chi connectivity index (χ0v) is 12.6. The van der Waals surface area contributed by atoms with E-state index in [2.05, 4.69) is 37.1 Å². The fraction of sp³-hybridized carbons (Fsp3) is 0.467. The maximum absolute atomic E-state index is 5.37. The Labute approximate surface area is 129 Å². The van der Waals surface area contributed by atoms with Gasteiger partial charge >= 0.3 is 0 Å². The number of morpholine rings is 1. The van der Waals surface area contributed by atoms with Crippen LogP contribution >= 0.6 is 0 Å². The zero-order chi connectivity index (χ0) is 15.2. The average molecular weight is 300 g/mol. The first-order valence-electron chi connectivity index (χ1n) is 7.47. The molecule has 0 aromatic carbocycles. The number of aromatic nitrogens is 4. The molecular formula is C15H20N6O. The summed E-state index contributed by atoms with van der Waals surface area (Å²) in [6, 6.07) is 2.20. The minimum Gasteiger partial charge on any atom is -0.378 e. The molecule has 2 aromatic heterocycles. The maximum atomic E-state index is 5.37. The highest BCUT2D eigenvalue weighted by molar-refractivity contribution is 5.49. The normalized spacial score (nSPS) is 16.3. The van der Waals surface area contributed by atoms with E-state index in [1.165, 1.54) is 0 Å². The summed E-state index contributed by atoms with van der Waals surface area (Å²) >= 11 is 0. The molecule has 3 heterocycles. The van der Waals surface area contributed by atoms with Gasteiger partial charge in [0.2, 0.25) is 0 Å². The van der Waals surface area contributed by atoms with E-state index in [4.69, 9.17) is 4.74 Å². The number of nitrogens with zero attached hydrogens (tertiary/aromatic N) is 5. The van der Waals surface area contributed by atoms with Crippen LogP contribution in [0.3, 0.4) is 0 Å². The monoisotopic (exact) mass is 300 g/mol. The minimum atomic E-state index is 0.212. The Hall–Kier alpha value is -2.28. The molecule has 1 atom stereocenters. The van der Waals surface area contributed by atoms with Gasteiger partial charge in [0.15, 0.2) is 0 Å². The van der Waals surface area contributed by atoms with Crippen LogP contribution in [0.2, 0.25) is 0 Å². The van der Waals surface area contributed by atoms with Crippen LogP contribution in [-0.4, -0.2) is 52.3 Å². The van der Waals surface area contributed by atoms with Crippen LogP contribution < -0.4 is 10.2 Å². The van der Waals surface area contributed by atoms with Crippen molar-refractivity contribution in [2.75, 3.05) is 36.5 Å². The van der Waals surface area contributed by atoms with Gasteiger partial charge in [-0.2, -0.15) is 0 Å². The number of hydrogen-bond donors (Lipinski definition) is 1. The molecule has 116 valence electrons. The molecule has 1 aliphatic rings. The Balaban J connectivity index is 1.62. The number of rotatable bonds is 5. The molecule has 2 aromatic rings. The molecule has 0 spiro atoms. The van der Waals surface area contributed by atoms with Crippen LogP contribution in [0.5, 0.6) is 0 Å². The van der Waals surface area contributed by atoms with Crippen LogP contribution in [0.15, 0.2) is 31.0 Å². The van der Waals surface area contributed by atoms with Crippen molar-refractivity contribution in [3.8, 4) is 0 Å². The van der Waals surface area contributed by atoms with Crippen molar-refractivity contribution >= 4 is 11.6 Å². The average Bonchev–Trinajstić information content (AvgIpc) is 2.57. The van der Waals surface area contributed by atoms with E-state index in [0.717, 1.165) is 50.1 Å². The molecule has 0 unspecified atom stereocenters. The molecule has 0 radical (unpaired) electrons. The SMILES string of the molecule is C[C@@H](Cc1cnccn1)Nc1cc(N2CCOCC2)ncn1. The van der Waals surface area contributed by atoms with E-state index >= 15 is 0 Å². The molecule has 1 fully saturated rings. The third-order valence-electron chi connectivity index (χ3n) is 3.51. The van der Waals surface area contributed by atoms with Crippen LogP contribution in [0.4, 0.5) is 11.6 Å². The third kappa shape index (κ3) is 3.88. The summed E-state index contributed by atoms with van der Waals surface area (Å²) in [5.41, 5.74) is 0.963. The first-order valence-corrected chi connectivity index (χ1v) is 7.47. The van der Waals surface area contributed by atoms with E-state index in [9.17, 15) is 0 Å². The van der Waals surface area contributed by atoms with Crippen LogP contribution in [0.25, 0.3) is 0 Å². The highest BCUT2D eigenvalue weighted by atomic mass is 16.5. The highest BCUT2D eigenvalue weighted by Crippen LogP contribution is 2.16. The van der Waals surface area contributed by atoms with Gasteiger partial charge in [-0.1, -0.05) is 0 Å². The summed E-state index contributed by atoms with van der Waals surface area (Å²) in [7, 11) is 0. The molecule has 22 heavy (non-hydrogen) atoms. The summed E-state index contributed by atoms with van der Waals surface area (Å²) in [6.07, 6.45) is 7.58. The number of nitrogens with one attached hydrogen (secondary N) is 1. The van der Waals surface area contributed by atoms with Crippen molar-refractivity contribution in [2.24, 2.45) is 0 Å². The van der Waals surface area contributed by atoms with Gasteiger partial charge in [0.05, 0.1) is 18.9 Å². The van der Waals surface area contributed by atoms with Crippen molar-refractivity contribution in [1.82, 2.24) is 19.9 Å². The molecule has 1 saturated heterocycles. The van der Waals surface area contributed by atoms with E-state index in [-0.39, 0.29) is 6.04 Å². The molecule has 0 saturated carbocycles. The maximum Gasteiger partial charge on any atom is 0.134 e. The molecule has 7 heteroatoms. The number of anilines is 2. The quantitative estimate of drug-likeness (QED) is 0.887. The summed E-state index contributed by atoms with van der Waals surface area (Å²) in [6.45, 7) is 5.33. The number of ether oxygens (including phenoxy) is 1. The van der Waals surface area contributed by atoms with Crippen molar-refractivity contribution in [3.63, 3.8) is 0 Å². The van der Waals surface area contributed by atoms with E-state index in [0.29, 0.717) is 0 Å². The second-order valence-electron chi connectivity index (χ2n) is 5.31. The van der Waals surface area contributed by atoms with Crippen molar-refractivity contribution < 1.29 is 4.74 Å². The second-order valence-corrected chi connectivity index (χ2v) is 5.31. The first kappa shape index (κ1) is 14.6. The standard InChI is InChI=1S/C15H20N6O/c1-12(8-13-10-16-2-3-17-13)20-14-9-15(19-11-18-14)21-4-6-22-7-5-21/h2-3,9-12H,4-8H2,1H3,(H,18,19,20)/t12-/m0/s1. The van der Waals surface area contributed by atoms with Gasteiger partial charge in [-0.25, -0.2) is 9.97 Å². The Kier molecular flexibility index (Phi) is 4.75. The Morgan fingerprint density at radius 1 is 1.23 bits per heavy atom. The zero-order valence-electron chi connectivity index (χ0n) is 12.6. The number of hydrogen-bond acceptors (Lipinski definition) is 7. The van der Waals surface area contributed by atoms with Gasteiger partial charge < -0.3 is 15.0 Å². The summed E-state index contributed by atoms with van der Waals surface area (Å²) < 4.78 is 5.37. The lowest BCUT2D eigenvalue weighted by Gasteiger charge is -2.28. The molecule has 7 nitrogen and oxygen atoms in total. The Morgan fingerprint density at radius 2 is 2.09 bits per heavy atom. The van der Waals surface area contributed by atoms with Crippen molar-refractivity contribution in [1.29, 1.82) is 0 Å². The first-order chi connectivity index (χ1) is 10.8. The topological polar surface area (TPSA) is 76.1 Å². The fourth-order valence-corrected chi connectivity index (χ4v) is 2.44. The van der Waals surface area contributed by atoms with E-state index in [1.807, 2.05) is 6.07 Å². The summed E-state index contributed by atoms with van der Waals surface area (Å²) in [5, 5.41) is 3.39. The van der Waals surface area contributed by atoms with E-state index < -0.39 is 0 Å². The lowest BCUT2D eigenvalue weighted by atomic mass is 10.2. The molecule has 1 aliphatic heterocycles. The van der Waals surface area contributed by atoms with Gasteiger partial charge in [-0.15, -0.1) is 0 Å². The van der Waals surface area contributed by atoms with Crippen LogP contribution in [0.1, 0.15) is 12.6 Å². The van der Waals surface area contributed by atoms with Gasteiger partial charge in [-0.3, -0.25) is 9.97 Å². The lowest BCUT2D eigenvalue weighted by molar-refractivity contribution is 0.122. The molecule has 0 amide bonds. The molecule has 0 aliphatic carbocycles. The summed E-state index contributed by atoms with van der Waals surface area (Å²) in [5.74, 6) is 1.76. The predicted octanol–water partition coefficient (Wildman–Crippen LogP) is 1.15. The van der Waals surface area contributed by atoms with Gasteiger partial charge in [0, 0.05) is 50.2 Å². The van der Waals surface area contributed by atoms with Crippen molar-refractivity contribution in [2.45, 2.75) is 19.4 Å². The predicted molar refractivity (Wildman–Crippen MR) is 83.9 cm³/mol. The lowest BCUT2D eigenvalue weighted by Crippen LogP contribution is -2.36. The second kappa shape index (κ2) is 7.13. The highest BCUT2D eigenvalue weighted by Gasteiger charge is 2.13. The Bertz CT molecular complexity index is 588. The molecule has 1 N–H and O–H groups in total. The minimum absolute atomic E-state index is 0.212.